The molecule has 0 spiro atoms. The highest BCUT2D eigenvalue weighted by Crippen LogP contribution is 2.33. The minimum absolute atomic E-state index is 0.0958. The molecule has 32 heavy (non-hydrogen) atoms. The summed E-state index contributed by atoms with van der Waals surface area (Å²) >= 11 is 1.59. The highest BCUT2D eigenvalue weighted by atomic mass is 32.1. The lowest BCUT2D eigenvalue weighted by Gasteiger charge is -2.20. The fraction of sp³-hybridized carbons (Fsp3) is 0.280. The van der Waals surface area contributed by atoms with Crippen LogP contribution >= 0.6 is 11.3 Å². The summed E-state index contributed by atoms with van der Waals surface area (Å²) in [6, 6.07) is 15.9. The second-order valence-electron chi connectivity index (χ2n) is 8.12. The molecule has 0 bridgehead atoms. The zero-order valence-corrected chi connectivity index (χ0v) is 19.1. The van der Waals surface area contributed by atoms with Crippen molar-refractivity contribution in [2.75, 3.05) is 40.3 Å². The molecule has 0 unspecified atom stereocenters. The Morgan fingerprint density at radius 3 is 2.84 bits per heavy atom. The average Bonchev–Trinajstić information content (AvgIpc) is 3.40. The average molecular weight is 447 g/mol. The summed E-state index contributed by atoms with van der Waals surface area (Å²) < 4.78 is 7.43. The van der Waals surface area contributed by atoms with Crippen molar-refractivity contribution in [2.45, 2.75) is 6.42 Å². The molecular weight excluding hydrogens is 420 g/mol. The summed E-state index contributed by atoms with van der Waals surface area (Å²) in [6.45, 7) is 3.47. The first-order valence-corrected chi connectivity index (χ1v) is 11.7. The molecule has 1 aromatic carbocycles. The molecule has 4 heterocycles. The molecule has 3 aromatic heterocycles. The first-order valence-electron chi connectivity index (χ1n) is 10.8. The number of nitrogens with zero attached hydrogens (tertiary/aromatic N) is 4. The Balaban J connectivity index is 1.52. The van der Waals surface area contributed by atoms with E-state index in [9.17, 15) is 4.79 Å². The van der Waals surface area contributed by atoms with E-state index in [1.807, 2.05) is 59.6 Å². The van der Waals surface area contributed by atoms with E-state index in [0.717, 1.165) is 71.4 Å². The number of rotatable bonds is 4. The van der Waals surface area contributed by atoms with E-state index >= 15 is 0 Å². The Morgan fingerprint density at radius 2 is 1.97 bits per heavy atom. The van der Waals surface area contributed by atoms with Gasteiger partial charge in [-0.25, -0.2) is 4.98 Å². The molecule has 164 valence electrons. The maximum Gasteiger partial charge on any atom is 0.256 e. The van der Waals surface area contributed by atoms with Crippen LogP contribution in [0, 0.1) is 0 Å². The Morgan fingerprint density at radius 1 is 1.06 bits per heavy atom. The Bertz CT molecular complexity index is 1260. The van der Waals surface area contributed by atoms with Gasteiger partial charge in [-0.05, 0) is 50.3 Å². The molecule has 0 radical (unpaired) electrons. The smallest absolute Gasteiger partial charge is 0.256 e. The predicted molar refractivity (Wildman–Crippen MR) is 129 cm³/mol. The van der Waals surface area contributed by atoms with Crippen LogP contribution in [0.25, 0.3) is 27.5 Å². The zero-order valence-electron chi connectivity index (χ0n) is 18.3. The Hall–Kier alpha value is -3.16. The lowest BCUT2D eigenvalue weighted by molar-refractivity contribution is 0.0765. The number of pyridine rings is 1. The number of amides is 1. The quantitative estimate of drug-likeness (QED) is 0.463. The summed E-state index contributed by atoms with van der Waals surface area (Å²) in [5.74, 6) is 0.905. The number of carbonyl (C=O) groups excluding carboxylic acids is 1. The topological polar surface area (TPSA) is 50.1 Å². The van der Waals surface area contributed by atoms with Gasteiger partial charge in [0, 0.05) is 36.8 Å². The number of thiazole rings is 1. The normalized spacial score (nSPS) is 15.1. The summed E-state index contributed by atoms with van der Waals surface area (Å²) in [5.41, 5.74) is 4.47. The largest absolute Gasteiger partial charge is 0.497 e. The van der Waals surface area contributed by atoms with E-state index in [2.05, 4.69) is 21.7 Å². The van der Waals surface area contributed by atoms with Crippen molar-refractivity contribution in [3.63, 3.8) is 0 Å². The van der Waals surface area contributed by atoms with Crippen molar-refractivity contribution < 1.29 is 9.53 Å². The lowest BCUT2D eigenvalue weighted by Crippen LogP contribution is -2.34. The third kappa shape index (κ3) is 3.89. The molecule has 5 rings (SSSR count). The summed E-state index contributed by atoms with van der Waals surface area (Å²) in [7, 11) is 3.78. The van der Waals surface area contributed by atoms with Gasteiger partial charge in [-0.3, -0.25) is 4.79 Å². The lowest BCUT2D eigenvalue weighted by atomic mass is 10.2. The van der Waals surface area contributed by atoms with Crippen molar-refractivity contribution in [1.29, 1.82) is 0 Å². The third-order valence-corrected chi connectivity index (χ3v) is 6.89. The van der Waals surface area contributed by atoms with Crippen molar-refractivity contribution in [1.82, 2.24) is 19.2 Å². The van der Waals surface area contributed by atoms with Gasteiger partial charge in [0.25, 0.3) is 5.91 Å². The first-order chi connectivity index (χ1) is 15.6. The van der Waals surface area contributed by atoms with E-state index in [-0.39, 0.29) is 5.91 Å². The number of hydrogen-bond donors (Lipinski definition) is 0. The van der Waals surface area contributed by atoms with E-state index in [4.69, 9.17) is 9.72 Å². The molecule has 0 saturated carbocycles. The number of carbonyl (C=O) groups is 1. The molecule has 0 atom stereocenters. The number of hydrogen-bond acceptors (Lipinski definition) is 5. The van der Waals surface area contributed by atoms with E-state index < -0.39 is 0 Å². The van der Waals surface area contributed by atoms with Crippen molar-refractivity contribution >= 4 is 22.8 Å². The highest BCUT2D eigenvalue weighted by molar-refractivity contribution is 7.13. The van der Waals surface area contributed by atoms with E-state index in [1.165, 1.54) is 0 Å². The van der Waals surface area contributed by atoms with Crippen LogP contribution in [0.5, 0.6) is 5.75 Å². The van der Waals surface area contributed by atoms with Crippen LogP contribution in [0.4, 0.5) is 0 Å². The van der Waals surface area contributed by atoms with Gasteiger partial charge in [0.05, 0.1) is 29.6 Å². The summed E-state index contributed by atoms with van der Waals surface area (Å²) in [6.07, 6.45) is 3.00. The van der Waals surface area contributed by atoms with Crippen LogP contribution in [0.1, 0.15) is 16.8 Å². The number of methoxy groups -OCH3 is 1. The number of fused-ring (bicyclic) bond motifs is 1. The van der Waals surface area contributed by atoms with Crippen molar-refractivity contribution in [3.05, 3.63) is 65.7 Å². The van der Waals surface area contributed by atoms with Gasteiger partial charge in [0.15, 0.2) is 0 Å². The monoisotopic (exact) mass is 446 g/mol. The van der Waals surface area contributed by atoms with Crippen LogP contribution in [0.15, 0.2) is 60.1 Å². The molecular formula is C25H26N4O2S. The van der Waals surface area contributed by atoms with Gasteiger partial charge in [0.2, 0.25) is 0 Å². The fourth-order valence-corrected chi connectivity index (χ4v) is 5.03. The molecule has 7 heteroatoms. The third-order valence-electron chi connectivity index (χ3n) is 6.00. The maximum absolute atomic E-state index is 13.5. The zero-order chi connectivity index (χ0) is 22.1. The SMILES string of the molecule is COc1cccc(-c2nc(-c3cc(C(=O)N4CCCN(C)CC4)c4ccccn34)cs2)c1. The molecule has 1 amide bonds. The minimum atomic E-state index is 0.0958. The van der Waals surface area contributed by atoms with Gasteiger partial charge in [-0.1, -0.05) is 18.2 Å². The standard InChI is InChI=1S/C25H26N4O2S/c1-27-10-6-11-28(14-13-27)25(30)20-16-23(29-12-4-3-9-22(20)29)21-17-32-24(26-21)18-7-5-8-19(15-18)31-2/h3-5,7-9,12,15-17H,6,10-11,13-14H2,1-2H3. The minimum Gasteiger partial charge on any atom is -0.497 e. The molecule has 4 aromatic rings. The summed E-state index contributed by atoms with van der Waals surface area (Å²) in [5, 5.41) is 2.98. The molecule has 1 fully saturated rings. The van der Waals surface area contributed by atoms with Crippen LogP contribution in [0.3, 0.4) is 0 Å². The van der Waals surface area contributed by atoms with Crippen LogP contribution in [0.2, 0.25) is 0 Å². The second-order valence-corrected chi connectivity index (χ2v) is 8.98. The van der Waals surface area contributed by atoms with E-state index in [0.29, 0.717) is 0 Å². The first kappa shape index (κ1) is 20.7. The molecule has 1 aliphatic rings. The molecule has 1 saturated heterocycles. The highest BCUT2D eigenvalue weighted by Gasteiger charge is 2.24. The van der Waals surface area contributed by atoms with Gasteiger partial charge < -0.3 is 18.9 Å². The Kier molecular flexibility index (Phi) is 5.68. The number of benzene rings is 1. The molecule has 0 N–H and O–H groups in total. The fourth-order valence-electron chi connectivity index (χ4n) is 4.22. The van der Waals surface area contributed by atoms with Gasteiger partial charge in [0.1, 0.15) is 10.8 Å². The van der Waals surface area contributed by atoms with Crippen molar-refractivity contribution in [3.8, 4) is 27.7 Å². The maximum atomic E-state index is 13.5. The second kappa shape index (κ2) is 8.76. The molecule has 1 aliphatic heterocycles. The number of ether oxygens (including phenoxy) is 1. The van der Waals surface area contributed by atoms with Crippen molar-refractivity contribution in [2.24, 2.45) is 0 Å². The predicted octanol–water partition coefficient (Wildman–Crippen LogP) is 4.52. The van der Waals surface area contributed by atoms with Gasteiger partial charge in [-0.2, -0.15) is 0 Å². The molecule has 6 nitrogen and oxygen atoms in total. The van der Waals surface area contributed by atoms with Crippen LogP contribution in [-0.4, -0.2) is 65.4 Å². The van der Waals surface area contributed by atoms with E-state index in [1.54, 1.807) is 18.4 Å². The van der Waals surface area contributed by atoms with Gasteiger partial charge in [-0.15, -0.1) is 11.3 Å². The summed E-state index contributed by atoms with van der Waals surface area (Å²) in [4.78, 5) is 22.6. The Labute approximate surface area is 191 Å². The van der Waals surface area contributed by atoms with Crippen LogP contribution < -0.4 is 4.74 Å². The van der Waals surface area contributed by atoms with Crippen LogP contribution in [-0.2, 0) is 0 Å². The number of aromatic nitrogens is 2. The van der Waals surface area contributed by atoms with Gasteiger partial charge >= 0.3 is 0 Å². The molecule has 0 aliphatic carbocycles. The number of likely N-dealkylation sites (N-methyl/N-ethyl adjacent to an activating group) is 1.